The van der Waals surface area contributed by atoms with Gasteiger partial charge in [0.15, 0.2) is 0 Å². The fourth-order valence-electron chi connectivity index (χ4n) is 1.00. The highest BCUT2D eigenvalue weighted by atomic mass is 32.2. The van der Waals surface area contributed by atoms with Crippen LogP contribution in [0.15, 0.2) is 0 Å². The second-order valence-corrected chi connectivity index (χ2v) is 5.17. The van der Waals surface area contributed by atoms with Crippen LogP contribution < -0.4 is 0 Å². The highest BCUT2D eigenvalue weighted by molar-refractivity contribution is 8.22. The average Bonchev–Trinajstić information content (AvgIpc) is 2.03. The van der Waals surface area contributed by atoms with Crippen LogP contribution in [0.1, 0.15) is 34.1 Å². The second-order valence-electron chi connectivity index (χ2n) is 3.47. The molecule has 0 radical (unpaired) electrons. The lowest BCUT2D eigenvalue weighted by Gasteiger charge is -2.24. The molecule has 4 heteroatoms. The van der Waals surface area contributed by atoms with Gasteiger partial charge in [-0.2, -0.15) is 0 Å². The molecule has 0 unspecified atom stereocenters. The number of rotatable bonds is 6. The minimum absolute atomic E-state index is 0.0520. The Morgan fingerprint density at radius 3 is 2.43 bits per heavy atom. The van der Waals surface area contributed by atoms with E-state index in [2.05, 4.69) is 13.8 Å². The Hall–Kier alpha value is 0.200. The zero-order valence-electron chi connectivity index (χ0n) is 9.46. The summed E-state index contributed by atoms with van der Waals surface area (Å²) in [7, 11) is 0. The molecule has 0 saturated carbocycles. The molecule has 0 aromatic heterocycles. The lowest BCUT2D eigenvalue weighted by molar-refractivity contribution is -0.0115. The molecule has 0 heterocycles. The number of ether oxygens (including phenoxy) is 2. The molecule has 84 valence electrons. The maximum atomic E-state index is 5.57. The molecule has 0 bridgehead atoms. The topological polar surface area (TPSA) is 18.5 Å². The monoisotopic (exact) mass is 236 g/mol. The fourth-order valence-corrected chi connectivity index (χ4v) is 2.33. The van der Waals surface area contributed by atoms with Crippen molar-refractivity contribution in [1.29, 1.82) is 0 Å². The maximum Gasteiger partial charge on any atom is 0.219 e. The summed E-state index contributed by atoms with van der Waals surface area (Å²) >= 11 is 6.59. The first-order valence-corrected chi connectivity index (χ1v) is 6.34. The largest absolute Gasteiger partial charge is 0.479 e. The molecule has 14 heavy (non-hydrogen) atoms. The van der Waals surface area contributed by atoms with E-state index in [0.29, 0.717) is 11.0 Å². The quantitative estimate of drug-likeness (QED) is 0.659. The van der Waals surface area contributed by atoms with E-state index in [1.807, 2.05) is 13.8 Å². The van der Waals surface area contributed by atoms with Gasteiger partial charge < -0.3 is 9.47 Å². The van der Waals surface area contributed by atoms with Crippen molar-refractivity contribution in [2.24, 2.45) is 0 Å². The van der Waals surface area contributed by atoms with Crippen molar-refractivity contribution in [1.82, 2.24) is 0 Å². The molecule has 0 aliphatic heterocycles. The van der Waals surface area contributed by atoms with E-state index in [9.17, 15) is 0 Å². The van der Waals surface area contributed by atoms with E-state index in [0.717, 1.165) is 18.8 Å². The number of hydrogen-bond acceptors (Lipinski definition) is 4. The molecular formula is C10H20O2S2. The Kier molecular flexibility index (Phi) is 7.59. The second kappa shape index (κ2) is 7.49. The van der Waals surface area contributed by atoms with Crippen LogP contribution in [0.2, 0.25) is 0 Å². The Morgan fingerprint density at radius 2 is 1.93 bits per heavy atom. The van der Waals surface area contributed by atoms with Crippen molar-refractivity contribution >= 4 is 28.4 Å². The van der Waals surface area contributed by atoms with Gasteiger partial charge in [0, 0.05) is 12.4 Å². The van der Waals surface area contributed by atoms with Crippen LogP contribution in [0.5, 0.6) is 0 Å². The summed E-state index contributed by atoms with van der Waals surface area (Å²) in [5.74, 6) is 0.950. The summed E-state index contributed by atoms with van der Waals surface area (Å²) < 4.78 is 11.4. The van der Waals surface area contributed by atoms with Gasteiger partial charge in [-0.15, -0.1) is 0 Å². The van der Waals surface area contributed by atoms with E-state index in [1.54, 1.807) is 11.8 Å². The number of hydrogen-bond donors (Lipinski definition) is 0. The van der Waals surface area contributed by atoms with Crippen LogP contribution in [0.25, 0.3) is 0 Å². The van der Waals surface area contributed by atoms with Gasteiger partial charge in [0.2, 0.25) is 4.38 Å². The average molecular weight is 236 g/mol. The molecule has 0 amide bonds. The van der Waals surface area contributed by atoms with Crippen LogP contribution >= 0.6 is 24.0 Å². The van der Waals surface area contributed by atoms with Gasteiger partial charge in [-0.05, 0) is 46.3 Å². The highest BCUT2D eigenvalue weighted by Gasteiger charge is 2.17. The predicted molar refractivity (Wildman–Crippen MR) is 67.0 cm³/mol. The lowest BCUT2D eigenvalue weighted by atomic mass is 10.1. The lowest BCUT2D eigenvalue weighted by Crippen LogP contribution is -2.25. The summed E-state index contributed by atoms with van der Waals surface area (Å²) in [6, 6.07) is 0. The van der Waals surface area contributed by atoms with Crippen LogP contribution in [-0.4, -0.2) is 29.0 Å². The third-order valence-electron chi connectivity index (χ3n) is 1.72. The van der Waals surface area contributed by atoms with Gasteiger partial charge in [0.25, 0.3) is 0 Å². The van der Waals surface area contributed by atoms with Gasteiger partial charge in [-0.3, -0.25) is 0 Å². The van der Waals surface area contributed by atoms with Crippen molar-refractivity contribution in [3.05, 3.63) is 0 Å². The Balaban J connectivity index is 3.57. The molecule has 0 saturated heterocycles. The van der Waals surface area contributed by atoms with Gasteiger partial charge >= 0.3 is 0 Å². The molecule has 0 fully saturated rings. The normalized spacial score (nSPS) is 11.4. The van der Waals surface area contributed by atoms with Gasteiger partial charge in [-0.25, -0.2) is 0 Å². The zero-order chi connectivity index (χ0) is 11.0. The van der Waals surface area contributed by atoms with Crippen molar-refractivity contribution in [3.8, 4) is 0 Å². The highest BCUT2D eigenvalue weighted by Crippen LogP contribution is 2.18. The molecule has 0 N–H and O–H groups in total. The van der Waals surface area contributed by atoms with Gasteiger partial charge in [0.1, 0.15) is 0 Å². The zero-order valence-corrected chi connectivity index (χ0v) is 11.1. The summed E-state index contributed by atoms with van der Waals surface area (Å²) in [4.78, 5) is 0. The van der Waals surface area contributed by atoms with Crippen LogP contribution in [-0.2, 0) is 9.47 Å². The molecule has 0 aromatic rings. The molecule has 0 spiro atoms. The van der Waals surface area contributed by atoms with Crippen molar-refractivity contribution in [2.45, 2.75) is 39.7 Å². The van der Waals surface area contributed by atoms with E-state index in [-0.39, 0.29) is 5.60 Å². The predicted octanol–water partition coefficient (Wildman–Crippen LogP) is 3.25. The number of thiocarbonyl (C=S) groups is 1. The SMILES string of the molecule is CCOC(=S)SCCC(C)(C)OCC. The van der Waals surface area contributed by atoms with Gasteiger partial charge in [0.05, 0.1) is 12.2 Å². The maximum absolute atomic E-state index is 5.57. The summed E-state index contributed by atoms with van der Waals surface area (Å²) in [5, 5.41) is 0. The number of thioether (sulfide) groups is 1. The summed E-state index contributed by atoms with van der Waals surface area (Å²) in [6.07, 6.45) is 0.985. The molecule has 0 aromatic carbocycles. The van der Waals surface area contributed by atoms with Crippen LogP contribution in [0, 0.1) is 0 Å². The van der Waals surface area contributed by atoms with E-state index in [4.69, 9.17) is 21.7 Å². The third kappa shape index (κ3) is 7.59. The van der Waals surface area contributed by atoms with E-state index < -0.39 is 0 Å². The van der Waals surface area contributed by atoms with Crippen molar-refractivity contribution < 1.29 is 9.47 Å². The Labute approximate surface area is 96.7 Å². The van der Waals surface area contributed by atoms with Gasteiger partial charge in [-0.1, -0.05) is 11.8 Å². The first kappa shape index (κ1) is 14.2. The fraction of sp³-hybridized carbons (Fsp3) is 0.900. The molecule has 0 rings (SSSR count). The van der Waals surface area contributed by atoms with Crippen molar-refractivity contribution in [2.75, 3.05) is 19.0 Å². The van der Waals surface area contributed by atoms with E-state index in [1.165, 1.54) is 0 Å². The van der Waals surface area contributed by atoms with Crippen LogP contribution in [0.3, 0.4) is 0 Å². The third-order valence-corrected chi connectivity index (χ3v) is 2.95. The Bertz CT molecular complexity index is 170. The van der Waals surface area contributed by atoms with Crippen molar-refractivity contribution in [3.63, 3.8) is 0 Å². The molecular weight excluding hydrogens is 216 g/mol. The minimum Gasteiger partial charge on any atom is -0.479 e. The molecule has 2 nitrogen and oxygen atoms in total. The Morgan fingerprint density at radius 1 is 1.29 bits per heavy atom. The molecule has 0 atom stereocenters. The minimum atomic E-state index is -0.0520. The summed E-state index contributed by atoms with van der Waals surface area (Å²) in [6.45, 7) is 9.56. The smallest absolute Gasteiger partial charge is 0.219 e. The standard InChI is InChI=1S/C10H20O2S2/c1-5-11-9(13)14-8-7-10(3,4)12-6-2/h5-8H2,1-4H3. The first-order chi connectivity index (χ1) is 6.52. The van der Waals surface area contributed by atoms with E-state index >= 15 is 0 Å². The molecule has 0 aliphatic rings. The van der Waals surface area contributed by atoms with Crippen LogP contribution in [0.4, 0.5) is 0 Å². The molecule has 0 aliphatic carbocycles. The summed E-state index contributed by atoms with van der Waals surface area (Å²) in [5.41, 5.74) is -0.0520. The first-order valence-electron chi connectivity index (χ1n) is 4.95.